The van der Waals surface area contributed by atoms with E-state index >= 15 is 0 Å². The molecule has 0 fully saturated rings. The van der Waals surface area contributed by atoms with Crippen LogP contribution in [-0.2, 0) is 6.54 Å². The summed E-state index contributed by atoms with van der Waals surface area (Å²) in [5, 5.41) is 7.65. The van der Waals surface area contributed by atoms with E-state index in [1.54, 1.807) is 6.20 Å². The topological polar surface area (TPSA) is 42.7 Å². The standard InChI is InChI=1S/C13H18N4/c1-9-10(2)16-17(11(9)3)8-12-6-5-7-15-13(12)14-4/h5-7H,8H2,1-4H3,(H,14,15). The number of nitrogens with one attached hydrogen (secondary N) is 1. The summed E-state index contributed by atoms with van der Waals surface area (Å²) in [7, 11) is 1.89. The first-order valence-electron chi connectivity index (χ1n) is 5.75. The summed E-state index contributed by atoms with van der Waals surface area (Å²) in [5.74, 6) is 0.915. The third kappa shape index (κ3) is 2.16. The zero-order valence-electron chi connectivity index (χ0n) is 10.8. The van der Waals surface area contributed by atoms with Crippen molar-refractivity contribution in [3.63, 3.8) is 0 Å². The Bertz CT molecular complexity index is 528. The van der Waals surface area contributed by atoms with Crippen molar-refractivity contribution in [2.45, 2.75) is 27.3 Å². The van der Waals surface area contributed by atoms with Crippen molar-refractivity contribution in [2.24, 2.45) is 0 Å². The van der Waals surface area contributed by atoms with Crippen molar-refractivity contribution in [3.05, 3.63) is 40.8 Å². The minimum atomic E-state index is 0.754. The van der Waals surface area contributed by atoms with Crippen molar-refractivity contribution < 1.29 is 0 Å². The molecule has 0 atom stereocenters. The maximum Gasteiger partial charge on any atom is 0.130 e. The SMILES string of the molecule is CNc1ncccc1Cn1nc(C)c(C)c1C. The number of hydrogen-bond donors (Lipinski definition) is 1. The van der Waals surface area contributed by atoms with Crippen LogP contribution in [0.5, 0.6) is 0 Å². The fraction of sp³-hybridized carbons (Fsp3) is 0.385. The fourth-order valence-electron chi connectivity index (χ4n) is 1.89. The summed E-state index contributed by atoms with van der Waals surface area (Å²) < 4.78 is 2.03. The molecule has 0 aliphatic heterocycles. The molecule has 0 spiro atoms. The van der Waals surface area contributed by atoms with E-state index in [9.17, 15) is 0 Å². The number of hydrogen-bond acceptors (Lipinski definition) is 3. The van der Waals surface area contributed by atoms with Crippen LogP contribution in [0.3, 0.4) is 0 Å². The van der Waals surface area contributed by atoms with E-state index in [0.29, 0.717) is 0 Å². The first-order chi connectivity index (χ1) is 8.13. The van der Waals surface area contributed by atoms with Crippen LogP contribution in [0.4, 0.5) is 5.82 Å². The van der Waals surface area contributed by atoms with E-state index in [0.717, 1.165) is 23.6 Å². The van der Waals surface area contributed by atoms with Gasteiger partial charge in [0.1, 0.15) is 5.82 Å². The third-order valence-corrected chi connectivity index (χ3v) is 3.19. The summed E-state index contributed by atoms with van der Waals surface area (Å²) in [6.07, 6.45) is 1.79. The maximum absolute atomic E-state index is 4.54. The molecule has 2 aromatic heterocycles. The quantitative estimate of drug-likeness (QED) is 0.879. The van der Waals surface area contributed by atoms with Gasteiger partial charge in [-0.1, -0.05) is 6.07 Å². The minimum Gasteiger partial charge on any atom is -0.373 e. The Morgan fingerprint density at radius 2 is 2.06 bits per heavy atom. The van der Waals surface area contributed by atoms with Crippen molar-refractivity contribution in [3.8, 4) is 0 Å². The molecule has 90 valence electrons. The molecular formula is C13H18N4. The fourth-order valence-corrected chi connectivity index (χ4v) is 1.89. The molecule has 17 heavy (non-hydrogen) atoms. The van der Waals surface area contributed by atoms with Gasteiger partial charge in [-0.3, -0.25) is 4.68 Å². The molecule has 0 aromatic carbocycles. The molecule has 2 rings (SSSR count). The smallest absolute Gasteiger partial charge is 0.130 e. The lowest BCUT2D eigenvalue weighted by atomic mass is 10.2. The lowest BCUT2D eigenvalue weighted by Gasteiger charge is -2.09. The van der Waals surface area contributed by atoms with Crippen LogP contribution in [-0.4, -0.2) is 21.8 Å². The van der Waals surface area contributed by atoms with Gasteiger partial charge in [0.05, 0.1) is 12.2 Å². The highest BCUT2D eigenvalue weighted by atomic mass is 15.3. The molecule has 1 N–H and O–H groups in total. The average molecular weight is 230 g/mol. The van der Waals surface area contributed by atoms with Gasteiger partial charge in [-0.2, -0.15) is 5.10 Å². The number of aryl methyl sites for hydroxylation is 1. The summed E-state index contributed by atoms with van der Waals surface area (Å²) in [5.41, 5.74) is 4.73. The molecule has 0 aliphatic rings. The second-order valence-electron chi connectivity index (χ2n) is 4.21. The lowest BCUT2D eigenvalue weighted by Crippen LogP contribution is -2.07. The van der Waals surface area contributed by atoms with Crippen LogP contribution in [0.15, 0.2) is 18.3 Å². The van der Waals surface area contributed by atoms with Crippen molar-refractivity contribution in [1.29, 1.82) is 0 Å². The Hall–Kier alpha value is -1.84. The van der Waals surface area contributed by atoms with Crippen LogP contribution < -0.4 is 5.32 Å². The molecule has 0 aliphatic carbocycles. The number of pyridine rings is 1. The highest BCUT2D eigenvalue weighted by molar-refractivity contribution is 5.43. The predicted molar refractivity (Wildman–Crippen MR) is 69.3 cm³/mol. The molecule has 0 bridgehead atoms. The monoisotopic (exact) mass is 230 g/mol. The van der Waals surface area contributed by atoms with Gasteiger partial charge in [0.2, 0.25) is 0 Å². The molecule has 0 saturated heterocycles. The van der Waals surface area contributed by atoms with E-state index in [1.807, 2.05) is 24.7 Å². The molecular weight excluding hydrogens is 212 g/mol. The number of aromatic nitrogens is 3. The Labute approximate surface area is 102 Å². The van der Waals surface area contributed by atoms with Gasteiger partial charge in [-0.05, 0) is 32.4 Å². The number of nitrogens with zero attached hydrogens (tertiary/aromatic N) is 3. The lowest BCUT2D eigenvalue weighted by molar-refractivity contribution is 0.658. The van der Waals surface area contributed by atoms with Crippen molar-refractivity contribution >= 4 is 5.82 Å². The Morgan fingerprint density at radius 1 is 1.29 bits per heavy atom. The molecule has 0 unspecified atom stereocenters. The Balaban J connectivity index is 2.34. The third-order valence-electron chi connectivity index (χ3n) is 3.19. The molecule has 4 nitrogen and oxygen atoms in total. The number of anilines is 1. The van der Waals surface area contributed by atoms with Gasteiger partial charge in [0.15, 0.2) is 0 Å². The minimum absolute atomic E-state index is 0.754. The Morgan fingerprint density at radius 3 is 2.65 bits per heavy atom. The average Bonchev–Trinajstić information content (AvgIpc) is 2.58. The first-order valence-corrected chi connectivity index (χ1v) is 5.75. The molecule has 2 aromatic rings. The van der Waals surface area contributed by atoms with Gasteiger partial charge < -0.3 is 5.32 Å². The van der Waals surface area contributed by atoms with Gasteiger partial charge in [-0.25, -0.2) is 4.98 Å². The zero-order valence-corrected chi connectivity index (χ0v) is 10.8. The van der Waals surface area contributed by atoms with E-state index in [-0.39, 0.29) is 0 Å². The van der Waals surface area contributed by atoms with Gasteiger partial charge in [-0.15, -0.1) is 0 Å². The van der Waals surface area contributed by atoms with Crippen LogP contribution in [0.25, 0.3) is 0 Å². The summed E-state index contributed by atoms with van der Waals surface area (Å²) in [6, 6.07) is 4.03. The Kier molecular flexibility index (Phi) is 3.13. The van der Waals surface area contributed by atoms with E-state index in [4.69, 9.17) is 0 Å². The summed E-state index contributed by atoms with van der Waals surface area (Å²) in [4.78, 5) is 4.30. The first kappa shape index (κ1) is 11.6. The van der Waals surface area contributed by atoms with E-state index in [1.165, 1.54) is 11.3 Å². The highest BCUT2D eigenvalue weighted by Crippen LogP contribution is 2.16. The van der Waals surface area contributed by atoms with E-state index < -0.39 is 0 Å². The molecule has 2 heterocycles. The zero-order chi connectivity index (χ0) is 12.4. The second kappa shape index (κ2) is 4.57. The van der Waals surface area contributed by atoms with Crippen LogP contribution in [0.1, 0.15) is 22.5 Å². The van der Waals surface area contributed by atoms with E-state index in [2.05, 4.69) is 35.3 Å². The molecule has 0 amide bonds. The normalized spacial score (nSPS) is 10.6. The maximum atomic E-state index is 4.54. The van der Waals surface area contributed by atoms with Crippen molar-refractivity contribution in [1.82, 2.24) is 14.8 Å². The van der Waals surface area contributed by atoms with Crippen LogP contribution in [0.2, 0.25) is 0 Å². The highest BCUT2D eigenvalue weighted by Gasteiger charge is 2.09. The summed E-state index contributed by atoms with van der Waals surface area (Å²) >= 11 is 0. The second-order valence-corrected chi connectivity index (χ2v) is 4.21. The molecule has 4 heteroatoms. The summed E-state index contributed by atoms with van der Waals surface area (Å²) in [6.45, 7) is 7.01. The molecule has 0 radical (unpaired) electrons. The van der Waals surface area contributed by atoms with Crippen LogP contribution >= 0.6 is 0 Å². The van der Waals surface area contributed by atoms with Crippen molar-refractivity contribution in [2.75, 3.05) is 12.4 Å². The van der Waals surface area contributed by atoms with Crippen LogP contribution in [0, 0.1) is 20.8 Å². The number of rotatable bonds is 3. The predicted octanol–water partition coefficient (Wildman–Crippen LogP) is 2.29. The van der Waals surface area contributed by atoms with Gasteiger partial charge >= 0.3 is 0 Å². The van der Waals surface area contributed by atoms with Gasteiger partial charge in [0, 0.05) is 24.5 Å². The van der Waals surface area contributed by atoms with Gasteiger partial charge in [0.25, 0.3) is 0 Å². The molecule has 0 saturated carbocycles. The largest absolute Gasteiger partial charge is 0.373 e.